The highest BCUT2D eigenvalue weighted by molar-refractivity contribution is 4.84. The molecule has 0 saturated heterocycles. The van der Waals surface area contributed by atoms with E-state index in [1.807, 2.05) is 0 Å². The lowest BCUT2D eigenvalue weighted by Crippen LogP contribution is -3.00. The minimum atomic E-state index is 0. The summed E-state index contributed by atoms with van der Waals surface area (Å²) in [5.41, 5.74) is 0.195. The summed E-state index contributed by atoms with van der Waals surface area (Å²) < 4.78 is 0.991. The molecule has 2 N–H and O–H groups in total. The van der Waals surface area contributed by atoms with Gasteiger partial charge >= 0.3 is 0 Å². The fraction of sp³-hybridized carbons (Fsp3) is 1.00. The molecule has 3 nitrogen and oxygen atoms in total. The van der Waals surface area contributed by atoms with E-state index in [4.69, 9.17) is 0 Å². The number of aliphatic hydroxyl groups excluding tert-OH is 2. The lowest BCUT2D eigenvalue weighted by Gasteiger charge is -2.54. The van der Waals surface area contributed by atoms with E-state index >= 15 is 0 Å². The van der Waals surface area contributed by atoms with Crippen molar-refractivity contribution in [3.05, 3.63) is 0 Å². The summed E-state index contributed by atoms with van der Waals surface area (Å²) in [5.74, 6) is 0. The van der Waals surface area contributed by atoms with E-state index in [1.165, 1.54) is 321 Å². The van der Waals surface area contributed by atoms with Gasteiger partial charge < -0.3 is 31.7 Å². The number of hydrogen-bond donors (Lipinski definition) is 2. The Labute approximate surface area is 416 Å². The molecule has 0 aromatic heterocycles. The van der Waals surface area contributed by atoms with E-state index < -0.39 is 0 Å². The van der Waals surface area contributed by atoms with Crippen molar-refractivity contribution in [3.8, 4) is 0 Å². The van der Waals surface area contributed by atoms with Crippen LogP contribution in [0.2, 0.25) is 0 Å². The van der Waals surface area contributed by atoms with Crippen LogP contribution in [0.5, 0.6) is 0 Å². The Morgan fingerprint density at radius 3 is 0.594 bits per heavy atom. The molecule has 0 aromatic rings. The van der Waals surface area contributed by atoms with Crippen LogP contribution >= 0.6 is 0 Å². The zero-order chi connectivity index (χ0) is 45.9. The van der Waals surface area contributed by atoms with Gasteiger partial charge in [-0.15, -0.1) is 0 Å². The predicted octanol–water partition coefficient (Wildman–Crippen LogP) is 17.1. The van der Waals surface area contributed by atoms with Gasteiger partial charge in [-0.2, -0.15) is 0 Å². The number of halogens is 1. The minimum Gasteiger partial charge on any atom is -1.00 e. The SMILES string of the molecule is CCCCCCCCCCCCCCCCC(CCCCCCCCCCC)(CCCCCCCCCCCCCCCC)[N+](CCO)(CCO)CCCCCCCCCCCC.[Br-]. The van der Waals surface area contributed by atoms with Crippen LogP contribution in [-0.4, -0.2) is 53.1 Å². The van der Waals surface area contributed by atoms with Gasteiger partial charge in [0.2, 0.25) is 0 Å². The molecule has 0 fully saturated rings. The monoisotopic (exact) mass is 970 g/mol. The average Bonchev–Trinajstić information content (AvgIpc) is 3.29. The number of hydrogen-bond acceptors (Lipinski definition) is 2. The normalized spacial score (nSPS) is 12.1. The standard InChI is InChI=1S/C60H124NO2.BrH/c1-5-9-13-17-21-25-28-30-32-34-37-41-45-49-53-60(52-48-44-40-36-24-20-16-12-8-4,54-50-46-42-38-35-33-31-29-26-22-18-14-10-6-2)61(56-58-62,57-59-63)55-51-47-43-39-27-23-19-15-11-7-3;/h62-63H,5-59H2,1-4H3;1H/q+1;/p-1. The predicted molar refractivity (Wildman–Crippen MR) is 285 cm³/mol. The fourth-order valence-electron chi connectivity index (χ4n) is 11.5. The number of quaternary nitrogens is 1. The molecule has 0 atom stereocenters. The van der Waals surface area contributed by atoms with Gasteiger partial charge in [-0.1, -0.05) is 297 Å². The maximum atomic E-state index is 10.9. The summed E-state index contributed by atoms with van der Waals surface area (Å²) in [6.07, 6.45) is 69.7. The molecule has 388 valence electrons. The second-order valence-corrected chi connectivity index (χ2v) is 21.4. The van der Waals surface area contributed by atoms with E-state index in [0.717, 1.165) is 24.1 Å². The van der Waals surface area contributed by atoms with Crippen molar-refractivity contribution in [2.75, 3.05) is 32.8 Å². The molecule has 0 heterocycles. The molecule has 0 amide bonds. The summed E-state index contributed by atoms with van der Waals surface area (Å²) in [6.45, 7) is 12.6. The molecule has 0 aromatic carbocycles. The largest absolute Gasteiger partial charge is 1.00 e. The Morgan fingerprint density at radius 1 is 0.234 bits per heavy atom. The van der Waals surface area contributed by atoms with Crippen molar-refractivity contribution in [2.45, 2.75) is 354 Å². The molecule has 0 spiro atoms. The fourth-order valence-corrected chi connectivity index (χ4v) is 11.5. The summed E-state index contributed by atoms with van der Waals surface area (Å²) in [7, 11) is 0. The van der Waals surface area contributed by atoms with Crippen molar-refractivity contribution < 1.29 is 31.7 Å². The van der Waals surface area contributed by atoms with Gasteiger partial charge in [0.15, 0.2) is 0 Å². The molecule has 0 aliphatic rings. The van der Waals surface area contributed by atoms with Crippen LogP contribution in [0.1, 0.15) is 349 Å². The van der Waals surface area contributed by atoms with Gasteiger partial charge in [0.05, 0.1) is 25.3 Å². The Morgan fingerprint density at radius 2 is 0.406 bits per heavy atom. The average molecular weight is 972 g/mol. The zero-order valence-electron chi connectivity index (χ0n) is 45.1. The van der Waals surface area contributed by atoms with Crippen LogP contribution in [0, 0.1) is 0 Å². The molecule has 0 bridgehead atoms. The summed E-state index contributed by atoms with van der Waals surface area (Å²) >= 11 is 0. The quantitative estimate of drug-likeness (QED) is 0.0471. The van der Waals surface area contributed by atoms with Gasteiger partial charge in [-0.05, 0) is 32.1 Å². The molecule has 0 saturated carbocycles. The molecule has 0 rings (SSSR count). The third-order valence-electron chi connectivity index (χ3n) is 15.7. The van der Waals surface area contributed by atoms with E-state index in [1.54, 1.807) is 0 Å². The first-order valence-corrected chi connectivity index (χ1v) is 30.2. The minimum absolute atomic E-state index is 0. The highest BCUT2D eigenvalue weighted by atomic mass is 79.9. The van der Waals surface area contributed by atoms with Crippen LogP contribution in [0.4, 0.5) is 0 Å². The highest BCUT2D eigenvalue weighted by Crippen LogP contribution is 2.41. The topological polar surface area (TPSA) is 40.5 Å². The third-order valence-corrected chi connectivity index (χ3v) is 15.7. The smallest absolute Gasteiger partial charge is 0.103 e. The second-order valence-electron chi connectivity index (χ2n) is 21.4. The van der Waals surface area contributed by atoms with Crippen LogP contribution in [0.25, 0.3) is 0 Å². The lowest BCUT2D eigenvalue weighted by atomic mass is 9.77. The summed E-state index contributed by atoms with van der Waals surface area (Å²) in [6, 6.07) is 0. The zero-order valence-corrected chi connectivity index (χ0v) is 46.7. The summed E-state index contributed by atoms with van der Waals surface area (Å²) in [5, 5.41) is 21.8. The maximum absolute atomic E-state index is 10.9. The van der Waals surface area contributed by atoms with Gasteiger partial charge in [0.1, 0.15) is 13.1 Å². The van der Waals surface area contributed by atoms with Crippen molar-refractivity contribution in [1.82, 2.24) is 0 Å². The van der Waals surface area contributed by atoms with Crippen LogP contribution in [-0.2, 0) is 0 Å². The van der Waals surface area contributed by atoms with E-state index in [-0.39, 0.29) is 35.7 Å². The van der Waals surface area contributed by atoms with Crippen LogP contribution < -0.4 is 17.0 Å². The Balaban J connectivity index is 0. The number of aliphatic hydroxyl groups is 2. The van der Waals surface area contributed by atoms with E-state index in [2.05, 4.69) is 27.7 Å². The second kappa shape index (κ2) is 54.3. The molecule has 64 heavy (non-hydrogen) atoms. The Hall–Kier alpha value is 0.360. The van der Waals surface area contributed by atoms with Crippen molar-refractivity contribution >= 4 is 0 Å². The van der Waals surface area contributed by atoms with E-state index in [0.29, 0.717) is 0 Å². The van der Waals surface area contributed by atoms with Gasteiger partial charge in [0, 0.05) is 19.3 Å². The van der Waals surface area contributed by atoms with Crippen molar-refractivity contribution in [1.29, 1.82) is 0 Å². The molecular weight excluding hydrogens is 847 g/mol. The van der Waals surface area contributed by atoms with Gasteiger partial charge in [-0.3, -0.25) is 0 Å². The first kappa shape index (κ1) is 66.4. The maximum Gasteiger partial charge on any atom is 0.103 e. The molecule has 4 heteroatoms. The Kier molecular flexibility index (Phi) is 56.4. The molecule has 0 unspecified atom stereocenters. The first-order chi connectivity index (χ1) is 31.1. The molecule has 0 aliphatic carbocycles. The summed E-state index contributed by atoms with van der Waals surface area (Å²) in [4.78, 5) is 0. The first-order valence-electron chi connectivity index (χ1n) is 30.2. The van der Waals surface area contributed by atoms with Crippen LogP contribution in [0.15, 0.2) is 0 Å². The molecular formula is C60H124BrNO2. The number of rotatable bonds is 56. The van der Waals surface area contributed by atoms with Gasteiger partial charge in [-0.25, -0.2) is 0 Å². The lowest BCUT2D eigenvalue weighted by molar-refractivity contribution is -0.978. The van der Waals surface area contributed by atoms with Gasteiger partial charge in [0.25, 0.3) is 0 Å². The highest BCUT2D eigenvalue weighted by Gasteiger charge is 2.48. The van der Waals surface area contributed by atoms with Crippen molar-refractivity contribution in [2.24, 2.45) is 0 Å². The van der Waals surface area contributed by atoms with Crippen molar-refractivity contribution in [3.63, 3.8) is 0 Å². The Bertz CT molecular complexity index is 798. The van der Waals surface area contributed by atoms with E-state index in [9.17, 15) is 10.2 Å². The van der Waals surface area contributed by atoms with Crippen LogP contribution in [0.3, 0.4) is 0 Å². The number of nitrogens with zero attached hydrogens (tertiary/aromatic N) is 1. The molecule has 0 radical (unpaired) electrons. The number of unbranched alkanes of at least 4 members (excludes halogenated alkanes) is 43. The molecule has 0 aliphatic heterocycles. The third kappa shape index (κ3) is 40.3.